The molecule has 0 aromatic carbocycles. The fourth-order valence-electron chi connectivity index (χ4n) is 1.52. The number of carbonyl (C=O) groups is 1. The van der Waals surface area contributed by atoms with E-state index in [1.807, 2.05) is 0 Å². The van der Waals surface area contributed by atoms with Crippen LogP contribution in [0.3, 0.4) is 0 Å². The molecule has 0 aliphatic rings. The van der Waals surface area contributed by atoms with Gasteiger partial charge >= 0.3 is 0 Å². The average Bonchev–Trinajstić information content (AvgIpc) is 2.34. The number of pyridine rings is 2. The summed E-state index contributed by atoms with van der Waals surface area (Å²) >= 11 is 11.6. The summed E-state index contributed by atoms with van der Waals surface area (Å²) in [5.74, 6) is -0.559. The Morgan fingerprint density at radius 1 is 1.42 bits per heavy atom. The van der Waals surface area contributed by atoms with Gasteiger partial charge in [-0.25, -0.2) is 4.98 Å². The Hall–Kier alpha value is -1.85. The van der Waals surface area contributed by atoms with Crippen molar-refractivity contribution in [2.24, 2.45) is 0 Å². The lowest BCUT2D eigenvalue weighted by Crippen LogP contribution is -2.21. The van der Waals surface area contributed by atoms with Crippen molar-refractivity contribution in [1.82, 2.24) is 9.97 Å². The normalized spacial score (nSPS) is 10.3. The quantitative estimate of drug-likeness (QED) is 0.837. The minimum absolute atomic E-state index is 0.00656. The number of nitrogens with zero attached hydrogens (tertiary/aromatic N) is 1. The van der Waals surface area contributed by atoms with Gasteiger partial charge in [0.25, 0.3) is 5.91 Å². The molecule has 2 heterocycles. The second-order valence-electron chi connectivity index (χ2n) is 3.80. The van der Waals surface area contributed by atoms with E-state index in [2.05, 4.69) is 15.3 Å². The zero-order chi connectivity index (χ0) is 14.0. The number of aromatic nitrogens is 2. The maximum absolute atomic E-state index is 12.0. The van der Waals surface area contributed by atoms with E-state index in [9.17, 15) is 9.59 Å². The SMILES string of the molecule is Cc1cc(Cl)nc(Cl)c1NC(=O)c1c[nH]ccc1=O. The molecule has 0 aliphatic heterocycles. The third kappa shape index (κ3) is 2.94. The van der Waals surface area contributed by atoms with Crippen LogP contribution in [-0.4, -0.2) is 15.9 Å². The summed E-state index contributed by atoms with van der Waals surface area (Å²) in [7, 11) is 0. The zero-order valence-electron chi connectivity index (χ0n) is 9.83. The van der Waals surface area contributed by atoms with E-state index in [-0.39, 0.29) is 21.3 Å². The summed E-state index contributed by atoms with van der Waals surface area (Å²) in [5, 5.41) is 2.86. The van der Waals surface area contributed by atoms with Crippen LogP contribution in [0.4, 0.5) is 5.69 Å². The molecule has 98 valence electrons. The van der Waals surface area contributed by atoms with Gasteiger partial charge in [0.1, 0.15) is 10.7 Å². The van der Waals surface area contributed by atoms with E-state index in [1.54, 1.807) is 13.0 Å². The smallest absolute Gasteiger partial charge is 0.261 e. The molecule has 2 aromatic rings. The van der Waals surface area contributed by atoms with Crippen LogP contribution in [0.2, 0.25) is 10.3 Å². The summed E-state index contributed by atoms with van der Waals surface area (Å²) in [4.78, 5) is 30.0. The fourth-order valence-corrected chi connectivity index (χ4v) is 2.10. The molecule has 2 N–H and O–H groups in total. The zero-order valence-corrected chi connectivity index (χ0v) is 11.3. The molecule has 0 unspecified atom stereocenters. The van der Waals surface area contributed by atoms with Gasteiger partial charge in [-0.2, -0.15) is 0 Å². The lowest BCUT2D eigenvalue weighted by Gasteiger charge is -2.09. The van der Waals surface area contributed by atoms with E-state index in [0.717, 1.165) is 0 Å². The Balaban J connectivity index is 2.35. The van der Waals surface area contributed by atoms with Gasteiger partial charge in [-0.05, 0) is 18.6 Å². The number of amides is 1. The molecule has 0 saturated heterocycles. The summed E-state index contributed by atoms with van der Waals surface area (Å²) in [6, 6.07) is 2.84. The molecule has 0 spiro atoms. The highest BCUT2D eigenvalue weighted by Gasteiger charge is 2.14. The molecular weight excluding hydrogens is 289 g/mol. The molecule has 2 rings (SSSR count). The van der Waals surface area contributed by atoms with E-state index in [4.69, 9.17) is 23.2 Å². The van der Waals surface area contributed by atoms with Gasteiger partial charge in [0, 0.05) is 18.5 Å². The van der Waals surface area contributed by atoms with Gasteiger partial charge in [0.2, 0.25) is 0 Å². The number of halogens is 2. The second kappa shape index (κ2) is 5.42. The first-order valence-corrected chi connectivity index (χ1v) is 6.05. The van der Waals surface area contributed by atoms with Crippen molar-refractivity contribution in [2.45, 2.75) is 6.92 Å². The highest BCUT2D eigenvalue weighted by Crippen LogP contribution is 2.26. The molecule has 0 saturated carbocycles. The lowest BCUT2D eigenvalue weighted by molar-refractivity contribution is 0.102. The third-order valence-corrected chi connectivity index (χ3v) is 2.92. The predicted molar refractivity (Wildman–Crippen MR) is 74.0 cm³/mol. The number of hydrogen-bond donors (Lipinski definition) is 2. The summed E-state index contributed by atoms with van der Waals surface area (Å²) in [6.07, 6.45) is 2.77. The number of carbonyl (C=O) groups excluding carboxylic acids is 1. The third-order valence-electron chi connectivity index (χ3n) is 2.45. The molecular formula is C12H9Cl2N3O2. The number of H-pyrrole nitrogens is 1. The number of hydrogen-bond acceptors (Lipinski definition) is 3. The number of aryl methyl sites for hydroxylation is 1. The maximum atomic E-state index is 12.0. The highest BCUT2D eigenvalue weighted by molar-refractivity contribution is 6.35. The van der Waals surface area contributed by atoms with Crippen molar-refractivity contribution >= 4 is 34.8 Å². The predicted octanol–water partition coefficient (Wildman–Crippen LogP) is 2.64. The van der Waals surface area contributed by atoms with Crippen molar-refractivity contribution in [1.29, 1.82) is 0 Å². The van der Waals surface area contributed by atoms with Gasteiger partial charge in [0.15, 0.2) is 10.6 Å². The van der Waals surface area contributed by atoms with Crippen molar-refractivity contribution in [3.63, 3.8) is 0 Å². The Labute approximate surface area is 118 Å². The second-order valence-corrected chi connectivity index (χ2v) is 4.55. The van der Waals surface area contributed by atoms with Crippen molar-refractivity contribution in [3.05, 3.63) is 56.2 Å². The molecule has 7 heteroatoms. The monoisotopic (exact) mass is 297 g/mol. The van der Waals surface area contributed by atoms with Crippen molar-refractivity contribution in [3.8, 4) is 0 Å². The van der Waals surface area contributed by atoms with Crippen LogP contribution in [0, 0.1) is 6.92 Å². The van der Waals surface area contributed by atoms with Crippen LogP contribution in [0.5, 0.6) is 0 Å². The Bertz CT molecular complexity index is 674. The first-order valence-electron chi connectivity index (χ1n) is 5.30. The van der Waals surface area contributed by atoms with E-state index in [0.29, 0.717) is 11.3 Å². The van der Waals surface area contributed by atoms with Gasteiger partial charge in [-0.15, -0.1) is 0 Å². The molecule has 2 aromatic heterocycles. The van der Waals surface area contributed by atoms with Crippen LogP contribution in [-0.2, 0) is 0 Å². The number of rotatable bonds is 2. The molecule has 0 aliphatic carbocycles. The molecule has 5 nitrogen and oxygen atoms in total. The van der Waals surface area contributed by atoms with Gasteiger partial charge in [-0.3, -0.25) is 9.59 Å². The summed E-state index contributed by atoms with van der Waals surface area (Å²) in [5.41, 5.74) is 0.602. The minimum Gasteiger partial charge on any atom is -0.367 e. The largest absolute Gasteiger partial charge is 0.367 e. The fraction of sp³-hybridized carbons (Fsp3) is 0.0833. The molecule has 19 heavy (non-hydrogen) atoms. The van der Waals surface area contributed by atoms with E-state index < -0.39 is 5.91 Å². The van der Waals surface area contributed by atoms with E-state index >= 15 is 0 Å². The highest BCUT2D eigenvalue weighted by atomic mass is 35.5. The first-order chi connectivity index (χ1) is 8.99. The molecule has 0 fully saturated rings. The van der Waals surface area contributed by atoms with Crippen LogP contribution in [0.1, 0.15) is 15.9 Å². The van der Waals surface area contributed by atoms with Crippen LogP contribution in [0.15, 0.2) is 29.3 Å². The average molecular weight is 298 g/mol. The van der Waals surface area contributed by atoms with Crippen LogP contribution >= 0.6 is 23.2 Å². The summed E-state index contributed by atoms with van der Waals surface area (Å²) in [6.45, 7) is 1.73. The first kappa shape index (κ1) is 13.6. The van der Waals surface area contributed by atoms with Crippen LogP contribution < -0.4 is 10.7 Å². The standard InChI is InChI=1S/C12H9Cl2N3O2/c1-6-4-9(13)16-11(14)10(6)17-12(19)7-5-15-3-2-8(7)18/h2-5H,1H3,(H,15,18)(H,17,19). The Morgan fingerprint density at radius 2 is 2.16 bits per heavy atom. The topological polar surface area (TPSA) is 74.8 Å². The van der Waals surface area contributed by atoms with Gasteiger partial charge in [0.05, 0.1) is 5.69 Å². The van der Waals surface area contributed by atoms with E-state index in [1.165, 1.54) is 18.5 Å². The lowest BCUT2D eigenvalue weighted by atomic mass is 10.2. The van der Waals surface area contributed by atoms with Crippen molar-refractivity contribution < 1.29 is 4.79 Å². The molecule has 0 bridgehead atoms. The maximum Gasteiger partial charge on any atom is 0.261 e. The summed E-state index contributed by atoms with van der Waals surface area (Å²) < 4.78 is 0. The van der Waals surface area contributed by atoms with Gasteiger partial charge in [-0.1, -0.05) is 23.2 Å². The van der Waals surface area contributed by atoms with Crippen molar-refractivity contribution in [2.75, 3.05) is 5.32 Å². The molecule has 1 amide bonds. The minimum atomic E-state index is -0.559. The number of aromatic amines is 1. The Kier molecular flexibility index (Phi) is 3.87. The molecule has 0 atom stereocenters. The number of anilines is 1. The number of nitrogens with one attached hydrogen (secondary N) is 2. The Morgan fingerprint density at radius 3 is 2.79 bits per heavy atom. The van der Waals surface area contributed by atoms with Gasteiger partial charge < -0.3 is 10.3 Å². The molecule has 0 radical (unpaired) electrons. The van der Waals surface area contributed by atoms with Crippen LogP contribution in [0.25, 0.3) is 0 Å².